The molecule has 0 radical (unpaired) electrons. The quantitative estimate of drug-likeness (QED) is 0.861. The Morgan fingerprint density at radius 3 is 2.67 bits per heavy atom. The predicted molar refractivity (Wildman–Crippen MR) is 81.0 cm³/mol. The number of nitrogens with one attached hydrogen (secondary N) is 2. The highest BCUT2D eigenvalue weighted by atomic mass is 32.1. The first-order chi connectivity index (χ1) is 10.1. The Labute approximate surface area is 127 Å². The summed E-state index contributed by atoms with van der Waals surface area (Å²) in [4.78, 5) is 24.9. The zero-order valence-corrected chi connectivity index (χ0v) is 12.8. The molecule has 6 heteroatoms. The van der Waals surface area contributed by atoms with Gasteiger partial charge in [0, 0.05) is 0 Å². The minimum absolute atomic E-state index is 0.00878. The van der Waals surface area contributed by atoms with E-state index in [0.717, 1.165) is 0 Å². The van der Waals surface area contributed by atoms with E-state index in [9.17, 15) is 9.59 Å². The van der Waals surface area contributed by atoms with Crippen molar-refractivity contribution in [3.63, 3.8) is 0 Å². The summed E-state index contributed by atoms with van der Waals surface area (Å²) in [6.45, 7) is 4.10. The Morgan fingerprint density at radius 2 is 2.10 bits per heavy atom. The van der Waals surface area contributed by atoms with Gasteiger partial charge in [-0.3, -0.25) is 9.59 Å². The number of rotatable bonds is 6. The van der Waals surface area contributed by atoms with E-state index in [1.807, 2.05) is 19.2 Å². The van der Waals surface area contributed by atoms with Crippen molar-refractivity contribution in [2.45, 2.75) is 26.4 Å². The fraction of sp³-hybridized carbons (Fsp3) is 0.333. The maximum absolute atomic E-state index is 12.2. The fourth-order valence-electron chi connectivity index (χ4n) is 1.85. The summed E-state index contributed by atoms with van der Waals surface area (Å²) in [5.74, 6) is 0.226. The van der Waals surface area contributed by atoms with Crippen LogP contribution in [0.15, 0.2) is 40.3 Å². The Kier molecular flexibility index (Phi) is 5.16. The van der Waals surface area contributed by atoms with Crippen molar-refractivity contribution in [2.24, 2.45) is 5.92 Å². The van der Waals surface area contributed by atoms with E-state index >= 15 is 0 Å². The van der Waals surface area contributed by atoms with E-state index in [1.165, 1.54) is 11.3 Å². The monoisotopic (exact) mass is 306 g/mol. The standard InChI is InChI=1S/C15H18N2O3S/c1-10(2)13(17-14(18)12-6-4-8-21-12)15(19)16-9-11-5-3-7-20-11/h3-8,10,13H,9H2,1-2H3,(H,16,19)(H,17,18)/t13-/m1/s1. The average Bonchev–Trinajstić information content (AvgIpc) is 3.13. The summed E-state index contributed by atoms with van der Waals surface area (Å²) in [6, 6.07) is 6.52. The Hall–Kier alpha value is -2.08. The van der Waals surface area contributed by atoms with Gasteiger partial charge in [0.1, 0.15) is 11.8 Å². The van der Waals surface area contributed by atoms with Gasteiger partial charge in [-0.2, -0.15) is 0 Å². The van der Waals surface area contributed by atoms with E-state index in [0.29, 0.717) is 17.2 Å². The molecule has 0 saturated heterocycles. The summed E-state index contributed by atoms with van der Waals surface area (Å²) in [5.41, 5.74) is 0. The molecule has 0 fully saturated rings. The molecule has 0 unspecified atom stereocenters. The van der Waals surface area contributed by atoms with Crippen molar-refractivity contribution in [3.05, 3.63) is 46.5 Å². The Balaban J connectivity index is 1.94. The number of amides is 2. The van der Waals surface area contributed by atoms with Gasteiger partial charge in [-0.15, -0.1) is 11.3 Å². The number of carbonyl (C=O) groups excluding carboxylic acids is 2. The number of carbonyl (C=O) groups is 2. The molecule has 5 nitrogen and oxygen atoms in total. The summed E-state index contributed by atoms with van der Waals surface area (Å²) >= 11 is 1.35. The minimum Gasteiger partial charge on any atom is -0.467 e. The second-order valence-corrected chi connectivity index (χ2v) is 5.92. The van der Waals surface area contributed by atoms with Crippen molar-refractivity contribution in [2.75, 3.05) is 0 Å². The number of hydrogen-bond donors (Lipinski definition) is 2. The number of hydrogen-bond acceptors (Lipinski definition) is 4. The van der Waals surface area contributed by atoms with Gasteiger partial charge in [0.25, 0.3) is 5.91 Å². The number of thiophene rings is 1. The molecular weight excluding hydrogens is 288 g/mol. The van der Waals surface area contributed by atoms with Crippen LogP contribution in [-0.4, -0.2) is 17.9 Å². The van der Waals surface area contributed by atoms with Crippen LogP contribution in [0.25, 0.3) is 0 Å². The normalized spacial score (nSPS) is 12.1. The van der Waals surface area contributed by atoms with Crippen LogP contribution < -0.4 is 10.6 Å². The van der Waals surface area contributed by atoms with E-state index in [1.54, 1.807) is 30.5 Å². The highest BCUT2D eigenvalue weighted by Crippen LogP contribution is 2.10. The Morgan fingerprint density at radius 1 is 1.29 bits per heavy atom. The van der Waals surface area contributed by atoms with Gasteiger partial charge in [-0.25, -0.2) is 0 Å². The molecule has 0 bridgehead atoms. The maximum Gasteiger partial charge on any atom is 0.262 e. The molecule has 0 aliphatic rings. The first-order valence-corrected chi connectivity index (χ1v) is 7.60. The topological polar surface area (TPSA) is 71.3 Å². The van der Waals surface area contributed by atoms with Gasteiger partial charge in [0.2, 0.25) is 5.91 Å². The van der Waals surface area contributed by atoms with E-state index in [4.69, 9.17) is 4.42 Å². The highest BCUT2D eigenvalue weighted by Gasteiger charge is 2.24. The highest BCUT2D eigenvalue weighted by molar-refractivity contribution is 7.12. The fourth-order valence-corrected chi connectivity index (χ4v) is 2.48. The van der Waals surface area contributed by atoms with Crippen LogP contribution in [0.4, 0.5) is 0 Å². The van der Waals surface area contributed by atoms with Gasteiger partial charge >= 0.3 is 0 Å². The van der Waals surface area contributed by atoms with Crippen LogP contribution in [0, 0.1) is 5.92 Å². The van der Waals surface area contributed by atoms with E-state index < -0.39 is 6.04 Å². The van der Waals surface area contributed by atoms with Crippen molar-refractivity contribution in [1.82, 2.24) is 10.6 Å². The third kappa shape index (κ3) is 4.19. The summed E-state index contributed by atoms with van der Waals surface area (Å²) < 4.78 is 5.16. The minimum atomic E-state index is -0.574. The maximum atomic E-state index is 12.2. The molecule has 2 aromatic heterocycles. The second kappa shape index (κ2) is 7.08. The molecule has 0 aromatic carbocycles. The van der Waals surface area contributed by atoms with Crippen LogP contribution in [-0.2, 0) is 11.3 Å². The predicted octanol–water partition coefficient (Wildman–Crippen LogP) is 2.41. The van der Waals surface area contributed by atoms with Gasteiger partial charge in [-0.1, -0.05) is 19.9 Å². The lowest BCUT2D eigenvalue weighted by Crippen LogP contribution is -2.49. The molecule has 0 spiro atoms. The third-order valence-electron chi connectivity index (χ3n) is 3.00. The molecule has 0 saturated carbocycles. The molecule has 0 aliphatic heterocycles. The van der Waals surface area contributed by atoms with E-state index in [2.05, 4.69) is 10.6 Å². The largest absolute Gasteiger partial charge is 0.467 e. The first-order valence-electron chi connectivity index (χ1n) is 6.72. The summed E-state index contributed by atoms with van der Waals surface area (Å²) in [6.07, 6.45) is 1.56. The lowest BCUT2D eigenvalue weighted by molar-refractivity contribution is -0.124. The zero-order chi connectivity index (χ0) is 15.2. The van der Waals surface area contributed by atoms with Crippen molar-refractivity contribution >= 4 is 23.2 Å². The van der Waals surface area contributed by atoms with Crippen LogP contribution in [0.5, 0.6) is 0 Å². The van der Waals surface area contributed by atoms with Crippen LogP contribution in [0.1, 0.15) is 29.3 Å². The smallest absolute Gasteiger partial charge is 0.262 e. The molecule has 2 rings (SSSR count). The van der Waals surface area contributed by atoms with Gasteiger partial charge < -0.3 is 15.1 Å². The lowest BCUT2D eigenvalue weighted by atomic mass is 10.0. The molecule has 0 aliphatic carbocycles. The van der Waals surface area contributed by atoms with E-state index in [-0.39, 0.29) is 17.7 Å². The Bertz CT molecular complexity index is 576. The summed E-state index contributed by atoms with van der Waals surface area (Å²) in [7, 11) is 0. The molecule has 112 valence electrons. The molecule has 2 heterocycles. The van der Waals surface area contributed by atoms with Gasteiger partial charge in [0.15, 0.2) is 0 Å². The van der Waals surface area contributed by atoms with Crippen molar-refractivity contribution < 1.29 is 14.0 Å². The molecule has 21 heavy (non-hydrogen) atoms. The van der Waals surface area contributed by atoms with Gasteiger partial charge in [0.05, 0.1) is 17.7 Å². The first kappa shape index (κ1) is 15.3. The molecular formula is C15H18N2O3S. The van der Waals surface area contributed by atoms with Crippen molar-refractivity contribution in [1.29, 1.82) is 0 Å². The SMILES string of the molecule is CC(C)[C@@H](NC(=O)c1cccs1)C(=O)NCc1ccco1. The zero-order valence-electron chi connectivity index (χ0n) is 12.0. The molecule has 2 amide bonds. The lowest BCUT2D eigenvalue weighted by Gasteiger charge is -2.21. The van der Waals surface area contributed by atoms with Crippen LogP contribution in [0.3, 0.4) is 0 Å². The number of furan rings is 1. The van der Waals surface area contributed by atoms with Crippen molar-refractivity contribution in [3.8, 4) is 0 Å². The third-order valence-corrected chi connectivity index (χ3v) is 3.87. The summed E-state index contributed by atoms with van der Waals surface area (Å²) in [5, 5.41) is 7.38. The average molecular weight is 306 g/mol. The van der Waals surface area contributed by atoms with Crippen LogP contribution in [0.2, 0.25) is 0 Å². The van der Waals surface area contributed by atoms with Crippen LogP contribution >= 0.6 is 11.3 Å². The molecule has 2 aromatic rings. The second-order valence-electron chi connectivity index (χ2n) is 4.97. The van der Waals surface area contributed by atoms with Gasteiger partial charge in [-0.05, 0) is 29.5 Å². The molecule has 1 atom stereocenters. The molecule has 2 N–H and O–H groups in total.